The van der Waals surface area contributed by atoms with Gasteiger partial charge >= 0.3 is 0 Å². The van der Waals surface area contributed by atoms with E-state index in [0.717, 1.165) is 17.7 Å². The molecule has 0 fully saturated rings. The van der Waals surface area contributed by atoms with Crippen molar-refractivity contribution in [2.24, 2.45) is 0 Å². The molecule has 0 aliphatic heterocycles. The van der Waals surface area contributed by atoms with Crippen LogP contribution >= 0.6 is 0 Å². The Morgan fingerprint density at radius 3 is 2.71 bits per heavy atom. The summed E-state index contributed by atoms with van der Waals surface area (Å²) in [7, 11) is 0. The van der Waals surface area contributed by atoms with Crippen molar-refractivity contribution in [2.45, 2.75) is 46.1 Å². The zero-order valence-corrected chi connectivity index (χ0v) is 14.7. The van der Waals surface area contributed by atoms with E-state index in [9.17, 15) is 4.79 Å². The number of ether oxygens (including phenoxy) is 1. The number of fused-ring (bicyclic) bond motifs is 1. The first kappa shape index (κ1) is 16.6. The first-order valence-electron chi connectivity index (χ1n) is 8.74. The lowest BCUT2D eigenvalue weighted by atomic mass is 10.0. The van der Waals surface area contributed by atoms with Gasteiger partial charge in [-0.2, -0.15) is 0 Å². The molecular formula is C21H25NO2. The lowest BCUT2D eigenvalue weighted by Crippen LogP contribution is -2.26. The molecule has 3 rings (SSSR count). The standard InChI is InChI=1S/C21H25NO2/c1-4-24-20-11-10-19(12-14(20)2)21(23)22-15(3)17-9-8-16-6-5-7-18(16)13-17/h8-13,15H,4-7H2,1-3H3,(H,22,23). The van der Waals surface area contributed by atoms with E-state index in [2.05, 4.69) is 23.5 Å². The smallest absolute Gasteiger partial charge is 0.251 e. The third kappa shape index (κ3) is 3.45. The molecule has 1 unspecified atom stereocenters. The number of nitrogens with one attached hydrogen (secondary N) is 1. The van der Waals surface area contributed by atoms with Crippen LogP contribution in [0.2, 0.25) is 0 Å². The van der Waals surface area contributed by atoms with Crippen molar-refractivity contribution in [3.63, 3.8) is 0 Å². The average Bonchev–Trinajstić information content (AvgIpc) is 3.04. The minimum absolute atomic E-state index is 0.00438. The maximum atomic E-state index is 12.5. The number of hydrogen-bond acceptors (Lipinski definition) is 2. The molecule has 0 radical (unpaired) electrons. The summed E-state index contributed by atoms with van der Waals surface area (Å²) < 4.78 is 5.53. The zero-order chi connectivity index (χ0) is 17.1. The molecule has 1 aliphatic rings. The Morgan fingerprint density at radius 2 is 1.96 bits per heavy atom. The highest BCUT2D eigenvalue weighted by Gasteiger charge is 2.16. The van der Waals surface area contributed by atoms with Gasteiger partial charge in [-0.05, 0) is 80.5 Å². The molecular weight excluding hydrogens is 298 g/mol. The molecule has 1 atom stereocenters. The van der Waals surface area contributed by atoms with E-state index in [0.29, 0.717) is 12.2 Å². The van der Waals surface area contributed by atoms with Gasteiger partial charge in [-0.25, -0.2) is 0 Å². The summed E-state index contributed by atoms with van der Waals surface area (Å²) in [5.74, 6) is 0.787. The molecule has 3 heteroatoms. The number of amides is 1. The monoisotopic (exact) mass is 323 g/mol. The molecule has 0 heterocycles. The van der Waals surface area contributed by atoms with Gasteiger partial charge in [-0.3, -0.25) is 4.79 Å². The Morgan fingerprint density at radius 1 is 1.17 bits per heavy atom. The van der Waals surface area contributed by atoms with Crippen LogP contribution in [-0.4, -0.2) is 12.5 Å². The fourth-order valence-corrected chi connectivity index (χ4v) is 3.33. The van der Waals surface area contributed by atoms with Crippen molar-refractivity contribution in [2.75, 3.05) is 6.61 Å². The summed E-state index contributed by atoms with van der Waals surface area (Å²) in [5, 5.41) is 3.10. The molecule has 0 saturated heterocycles. The van der Waals surface area contributed by atoms with E-state index in [1.54, 1.807) is 0 Å². The van der Waals surface area contributed by atoms with Crippen LogP contribution in [0.5, 0.6) is 5.75 Å². The van der Waals surface area contributed by atoms with E-state index < -0.39 is 0 Å². The summed E-state index contributed by atoms with van der Waals surface area (Å²) in [6.07, 6.45) is 3.58. The molecule has 3 nitrogen and oxygen atoms in total. The highest BCUT2D eigenvalue weighted by Crippen LogP contribution is 2.26. The number of carbonyl (C=O) groups excluding carboxylic acids is 1. The van der Waals surface area contributed by atoms with Gasteiger partial charge in [-0.1, -0.05) is 18.2 Å². The Kier molecular flexibility index (Phi) is 4.89. The predicted molar refractivity (Wildman–Crippen MR) is 96.7 cm³/mol. The van der Waals surface area contributed by atoms with E-state index in [-0.39, 0.29) is 11.9 Å². The van der Waals surface area contributed by atoms with Crippen LogP contribution < -0.4 is 10.1 Å². The van der Waals surface area contributed by atoms with Crippen molar-refractivity contribution in [1.29, 1.82) is 0 Å². The normalized spacial score (nSPS) is 14.1. The molecule has 0 spiro atoms. The minimum atomic E-state index is -0.0471. The molecule has 2 aromatic carbocycles. The molecule has 1 amide bonds. The Bertz CT molecular complexity index is 751. The Labute approximate surface area is 144 Å². The third-order valence-electron chi connectivity index (χ3n) is 4.71. The number of rotatable bonds is 5. The highest BCUT2D eigenvalue weighted by atomic mass is 16.5. The summed E-state index contributed by atoms with van der Waals surface area (Å²) in [5.41, 5.74) is 5.72. The van der Waals surface area contributed by atoms with Crippen LogP contribution in [0.4, 0.5) is 0 Å². The summed E-state index contributed by atoms with van der Waals surface area (Å²) in [6, 6.07) is 12.2. The van der Waals surface area contributed by atoms with Gasteiger partial charge in [-0.15, -0.1) is 0 Å². The van der Waals surface area contributed by atoms with Crippen LogP contribution in [0.25, 0.3) is 0 Å². The second kappa shape index (κ2) is 7.08. The third-order valence-corrected chi connectivity index (χ3v) is 4.71. The quantitative estimate of drug-likeness (QED) is 0.887. The van der Waals surface area contributed by atoms with E-state index in [4.69, 9.17) is 4.74 Å². The molecule has 0 aromatic heterocycles. The number of carbonyl (C=O) groups is 1. The van der Waals surface area contributed by atoms with Crippen molar-refractivity contribution >= 4 is 5.91 Å². The SMILES string of the molecule is CCOc1ccc(C(=O)NC(C)c2ccc3c(c2)CCC3)cc1C. The Balaban J connectivity index is 1.71. The number of aryl methyl sites for hydroxylation is 3. The molecule has 24 heavy (non-hydrogen) atoms. The largest absolute Gasteiger partial charge is 0.494 e. The van der Waals surface area contributed by atoms with Gasteiger partial charge in [0, 0.05) is 5.56 Å². The average molecular weight is 323 g/mol. The maximum absolute atomic E-state index is 12.5. The van der Waals surface area contributed by atoms with Crippen LogP contribution in [0.1, 0.15) is 58.9 Å². The molecule has 0 bridgehead atoms. The van der Waals surface area contributed by atoms with Gasteiger partial charge in [0.1, 0.15) is 5.75 Å². The topological polar surface area (TPSA) is 38.3 Å². The zero-order valence-electron chi connectivity index (χ0n) is 14.7. The van der Waals surface area contributed by atoms with Crippen LogP contribution in [0, 0.1) is 6.92 Å². The first-order chi connectivity index (χ1) is 11.6. The molecule has 1 N–H and O–H groups in total. The number of hydrogen-bond donors (Lipinski definition) is 1. The minimum Gasteiger partial charge on any atom is -0.494 e. The van der Waals surface area contributed by atoms with Gasteiger partial charge < -0.3 is 10.1 Å². The van der Waals surface area contributed by atoms with E-state index in [1.807, 2.05) is 39.0 Å². The molecule has 1 aliphatic carbocycles. The van der Waals surface area contributed by atoms with E-state index >= 15 is 0 Å². The van der Waals surface area contributed by atoms with E-state index in [1.165, 1.54) is 29.5 Å². The van der Waals surface area contributed by atoms with Crippen LogP contribution in [-0.2, 0) is 12.8 Å². The second-order valence-corrected chi connectivity index (χ2v) is 6.49. The molecule has 0 saturated carbocycles. The fraction of sp³-hybridized carbons (Fsp3) is 0.381. The summed E-state index contributed by atoms with van der Waals surface area (Å²) in [6.45, 7) is 6.59. The highest BCUT2D eigenvalue weighted by molar-refractivity contribution is 5.94. The molecule has 126 valence electrons. The molecule has 2 aromatic rings. The maximum Gasteiger partial charge on any atom is 0.251 e. The van der Waals surface area contributed by atoms with Crippen molar-refractivity contribution in [1.82, 2.24) is 5.32 Å². The lowest BCUT2D eigenvalue weighted by molar-refractivity contribution is 0.0939. The summed E-state index contributed by atoms with van der Waals surface area (Å²) >= 11 is 0. The van der Waals surface area contributed by atoms with Crippen molar-refractivity contribution < 1.29 is 9.53 Å². The summed E-state index contributed by atoms with van der Waals surface area (Å²) in [4.78, 5) is 12.5. The second-order valence-electron chi connectivity index (χ2n) is 6.49. The number of benzene rings is 2. The Hall–Kier alpha value is -2.29. The van der Waals surface area contributed by atoms with Gasteiger partial charge in [0.05, 0.1) is 12.6 Å². The van der Waals surface area contributed by atoms with Crippen molar-refractivity contribution in [3.05, 3.63) is 64.2 Å². The van der Waals surface area contributed by atoms with Gasteiger partial charge in [0.2, 0.25) is 0 Å². The van der Waals surface area contributed by atoms with Gasteiger partial charge in [0.15, 0.2) is 0 Å². The lowest BCUT2D eigenvalue weighted by Gasteiger charge is -2.16. The van der Waals surface area contributed by atoms with Crippen LogP contribution in [0.15, 0.2) is 36.4 Å². The van der Waals surface area contributed by atoms with Crippen LogP contribution in [0.3, 0.4) is 0 Å². The van der Waals surface area contributed by atoms with Crippen molar-refractivity contribution in [3.8, 4) is 5.75 Å². The predicted octanol–water partition coefficient (Wildman–Crippen LogP) is 4.37. The fourth-order valence-electron chi connectivity index (χ4n) is 3.33. The first-order valence-corrected chi connectivity index (χ1v) is 8.74. The van der Waals surface area contributed by atoms with Gasteiger partial charge in [0.25, 0.3) is 5.91 Å².